The van der Waals surface area contributed by atoms with E-state index in [1.807, 2.05) is 18.2 Å². The molecule has 2 aliphatic carbocycles. The predicted octanol–water partition coefficient (Wildman–Crippen LogP) is 2.83. The maximum Gasteiger partial charge on any atom is 0.338 e. The van der Waals surface area contributed by atoms with Crippen LogP contribution < -0.4 is 0 Å². The third-order valence-corrected chi connectivity index (χ3v) is 9.37. The average molecular weight is 595 g/mol. The second kappa shape index (κ2) is 10.9. The molecule has 5 rings (SSSR count). The second-order valence-corrected chi connectivity index (χ2v) is 12.6. The molecule has 0 radical (unpaired) electrons. The fourth-order valence-electron chi connectivity index (χ4n) is 7.73. The predicted molar refractivity (Wildman–Crippen MR) is 153 cm³/mol. The van der Waals surface area contributed by atoms with Gasteiger partial charge in [-0.05, 0) is 51.5 Å². The quantitative estimate of drug-likeness (QED) is 0.259. The number of carbonyl (C=O) groups excluding carboxylic acids is 3. The molecule has 1 spiro atoms. The Kier molecular flexibility index (Phi) is 7.79. The summed E-state index contributed by atoms with van der Waals surface area (Å²) in [6.45, 7) is 7.46. The van der Waals surface area contributed by atoms with Crippen LogP contribution in [-0.2, 0) is 28.5 Å². The fraction of sp³-hybridized carbons (Fsp3) is 0.485. The number of hydrogen-bond donors (Lipinski definition) is 3. The number of fused-ring (bicyclic) bond motifs is 1. The number of hydrogen-bond acceptors (Lipinski definition) is 10. The number of aliphatic hydroxyl groups is 3. The molecule has 1 saturated heterocycles. The SMILES string of the molecule is CC(=O)O[C@H]1[C@@H](O)C[C@](C)(O)[C@]23OC(C)(C)[C@H]([C@H](OC(=O)/C=C/c4ccccc4)[C@H](OC(=O)c4ccccc4)[C@]12C)[C@H]3O. The van der Waals surface area contributed by atoms with Gasteiger partial charge in [0.25, 0.3) is 0 Å². The molecule has 10 heteroatoms. The lowest BCUT2D eigenvalue weighted by Crippen LogP contribution is -2.83. The highest BCUT2D eigenvalue weighted by Gasteiger charge is 2.85. The van der Waals surface area contributed by atoms with Gasteiger partial charge in [0.1, 0.15) is 17.8 Å². The van der Waals surface area contributed by atoms with E-state index >= 15 is 0 Å². The molecule has 1 heterocycles. The van der Waals surface area contributed by atoms with Crippen molar-refractivity contribution in [2.75, 3.05) is 0 Å². The van der Waals surface area contributed by atoms with Gasteiger partial charge in [-0.2, -0.15) is 0 Å². The standard InChI is InChI=1S/C33H38O10/c1-19(34)40-27-22(35)18-31(4,39)33-26(37)24(30(2,3)43-33)25(41-23(36)17-16-20-12-8-6-9-13-20)28(32(27,33)5)42-29(38)21-14-10-7-11-15-21/h6-17,22,24-28,35,37,39H,18H2,1-5H3/b17-16+/t22-,24+,25-,26+,27-,28-,31-,32-,33-/m0/s1. The molecule has 3 aliphatic rings. The first-order valence-corrected chi connectivity index (χ1v) is 14.3. The summed E-state index contributed by atoms with van der Waals surface area (Å²) in [5.74, 6) is -3.31. The van der Waals surface area contributed by atoms with Crippen molar-refractivity contribution in [1.29, 1.82) is 0 Å². The van der Waals surface area contributed by atoms with Crippen LogP contribution in [0.3, 0.4) is 0 Å². The molecule has 0 amide bonds. The molecule has 9 atom stereocenters. The highest BCUT2D eigenvalue weighted by molar-refractivity contribution is 5.90. The van der Waals surface area contributed by atoms with E-state index in [1.165, 1.54) is 19.9 Å². The van der Waals surface area contributed by atoms with Crippen molar-refractivity contribution in [3.05, 3.63) is 77.9 Å². The zero-order valence-corrected chi connectivity index (χ0v) is 24.8. The number of benzene rings is 2. The molecule has 2 bridgehead atoms. The van der Waals surface area contributed by atoms with E-state index in [9.17, 15) is 29.7 Å². The van der Waals surface area contributed by atoms with E-state index < -0.39 is 76.6 Å². The van der Waals surface area contributed by atoms with Crippen molar-refractivity contribution in [2.45, 2.75) is 88.4 Å². The van der Waals surface area contributed by atoms with Gasteiger partial charge >= 0.3 is 17.9 Å². The first-order chi connectivity index (χ1) is 20.2. The van der Waals surface area contributed by atoms with E-state index in [4.69, 9.17) is 18.9 Å². The Morgan fingerprint density at radius 2 is 1.49 bits per heavy atom. The summed E-state index contributed by atoms with van der Waals surface area (Å²) in [6, 6.07) is 17.2. The first-order valence-electron chi connectivity index (χ1n) is 14.3. The van der Waals surface area contributed by atoms with Gasteiger partial charge in [0.2, 0.25) is 0 Å². The van der Waals surface area contributed by atoms with Crippen LogP contribution in [0.2, 0.25) is 0 Å². The van der Waals surface area contributed by atoms with Crippen LogP contribution in [0, 0.1) is 11.3 Å². The summed E-state index contributed by atoms with van der Waals surface area (Å²) in [5, 5.41) is 35.3. The van der Waals surface area contributed by atoms with Gasteiger partial charge in [0, 0.05) is 19.4 Å². The van der Waals surface area contributed by atoms with Crippen LogP contribution in [0.25, 0.3) is 6.08 Å². The summed E-state index contributed by atoms with van der Waals surface area (Å²) in [7, 11) is 0. The van der Waals surface area contributed by atoms with Crippen LogP contribution in [0.15, 0.2) is 66.7 Å². The van der Waals surface area contributed by atoms with E-state index in [1.54, 1.807) is 62.4 Å². The summed E-state index contributed by atoms with van der Waals surface area (Å²) >= 11 is 0. The topological polar surface area (TPSA) is 149 Å². The third kappa shape index (κ3) is 4.86. The molecule has 10 nitrogen and oxygen atoms in total. The summed E-state index contributed by atoms with van der Waals surface area (Å²) in [6.07, 6.45) is -4.69. The molecule has 2 aromatic carbocycles. The Bertz CT molecular complexity index is 1400. The first kappa shape index (κ1) is 30.9. The largest absolute Gasteiger partial charge is 0.459 e. The molecule has 3 fully saturated rings. The van der Waals surface area contributed by atoms with Gasteiger partial charge in [0.05, 0.1) is 40.3 Å². The Hall–Kier alpha value is -3.57. The van der Waals surface area contributed by atoms with Crippen LogP contribution >= 0.6 is 0 Å². The molecular formula is C33H38O10. The number of ether oxygens (including phenoxy) is 4. The van der Waals surface area contributed by atoms with E-state index in [-0.39, 0.29) is 12.0 Å². The third-order valence-electron chi connectivity index (χ3n) is 9.37. The number of esters is 3. The highest BCUT2D eigenvalue weighted by atomic mass is 16.6. The Morgan fingerprint density at radius 3 is 2.09 bits per heavy atom. The van der Waals surface area contributed by atoms with Crippen LogP contribution in [0.5, 0.6) is 0 Å². The molecule has 0 aromatic heterocycles. The zero-order chi connectivity index (χ0) is 31.4. The maximum absolute atomic E-state index is 13.6. The molecule has 1 aliphatic heterocycles. The molecular weight excluding hydrogens is 556 g/mol. The van der Waals surface area contributed by atoms with Crippen molar-refractivity contribution in [1.82, 2.24) is 0 Å². The van der Waals surface area contributed by atoms with Gasteiger partial charge in [0.15, 0.2) is 6.10 Å². The van der Waals surface area contributed by atoms with Crippen LogP contribution in [-0.4, -0.2) is 80.6 Å². The smallest absolute Gasteiger partial charge is 0.338 e. The molecule has 0 unspecified atom stereocenters. The lowest BCUT2D eigenvalue weighted by molar-refractivity contribution is -0.350. The summed E-state index contributed by atoms with van der Waals surface area (Å²) in [5.41, 5.74) is -5.94. The van der Waals surface area contributed by atoms with E-state index in [0.717, 1.165) is 12.5 Å². The molecule has 3 N–H and O–H groups in total. The summed E-state index contributed by atoms with van der Waals surface area (Å²) in [4.78, 5) is 39.3. The van der Waals surface area contributed by atoms with Crippen molar-refractivity contribution < 1.29 is 48.7 Å². The Morgan fingerprint density at radius 1 is 0.884 bits per heavy atom. The molecule has 2 saturated carbocycles. The van der Waals surface area contributed by atoms with Crippen LogP contribution in [0.4, 0.5) is 0 Å². The molecule has 2 aromatic rings. The highest BCUT2D eigenvalue weighted by Crippen LogP contribution is 2.68. The summed E-state index contributed by atoms with van der Waals surface area (Å²) < 4.78 is 24.5. The molecule has 43 heavy (non-hydrogen) atoms. The minimum atomic E-state index is -1.92. The molecule has 230 valence electrons. The normalized spacial score (nSPS) is 37.8. The van der Waals surface area contributed by atoms with Gasteiger partial charge in [-0.3, -0.25) is 4.79 Å². The monoisotopic (exact) mass is 594 g/mol. The lowest BCUT2D eigenvalue weighted by Gasteiger charge is -2.65. The van der Waals surface area contributed by atoms with E-state index in [0.29, 0.717) is 0 Å². The average Bonchev–Trinajstić information content (AvgIpc) is 3.14. The minimum absolute atomic E-state index is 0.194. The maximum atomic E-state index is 13.6. The Balaban J connectivity index is 1.67. The van der Waals surface area contributed by atoms with Crippen molar-refractivity contribution in [2.24, 2.45) is 11.3 Å². The fourth-order valence-corrected chi connectivity index (χ4v) is 7.73. The van der Waals surface area contributed by atoms with Gasteiger partial charge < -0.3 is 34.3 Å². The number of carbonyl (C=O) groups is 3. The Labute approximate surface area is 250 Å². The number of rotatable bonds is 6. The van der Waals surface area contributed by atoms with Crippen molar-refractivity contribution >= 4 is 24.0 Å². The van der Waals surface area contributed by atoms with Gasteiger partial charge in [-0.1, -0.05) is 48.5 Å². The minimum Gasteiger partial charge on any atom is -0.459 e. The van der Waals surface area contributed by atoms with Crippen LogP contribution in [0.1, 0.15) is 57.0 Å². The lowest BCUT2D eigenvalue weighted by atomic mass is 9.46. The van der Waals surface area contributed by atoms with E-state index in [2.05, 4.69) is 0 Å². The van der Waals surface area contributed by atoms with Crippen molar-refractivity contribution in [3.8, 4) is 0 Å². The second-order valence-electron chi connectivity index (χ2n) is 12.6. The zero-order valence-electron chi connectivity index (χ0n) is 24.8. The van der Waals surface area contributed by atoms with Gasteiger partial charge in [-0.25, -0.2) is 9.59 Å². The van der Waals surface area contributed by atoms with Gasteiger partial charge in [-0.15, -0.1) is 0 Å². The number of aliphatic hydroxyl groups excluding tert-OH is 2. The van der Waals surface area contributed by atoms with Crippen molar-refractivity contribution in [3.63, 3.8) is 0 Å².